The van der Waals surface area contributed by atoms with Crippen molar-refractivity contribution >= 4 is 21.6 Å². The summed E-state index contributed by atoms with van der Waals surface area (Å²) in [7, 11) is -3.73. The predicted octanol–water partition coefficient (Wildman–Crippen LogP) is 1.66. The van der Waals surface area contributed by atoms with Crippen molar-refractivity contribution in [1.29, 1.82) is 0 Å². The molecule has 25 heavy (non-hydrogen) atoms. The number of benzene rings is 1. The molecule has 3 rings (SSSR count). The second kappa shape index (κ2) is 7.20. The third-order valence-corrected chi connectivity index (χ3v) is 5.26. The standard InChI is InChI=1S/C17H19N3O4S/c1-13-2-4-16(5-3-13)25(22,23)19-15-10-14(11-18-12-15)17(21)20-6-8-24-9-7-20/h2-5,10-12,19H,6-9H2,1H3. The number of morpholine rings is 1. The van der Waals surface area contributed by atoms with Crippen molar-refractivity contribution in [3.05, 3.63) is 53.9 Å². The van der Waals surface area contributed by atoms with E-state index in [2.05, 4.69) is 9.71 Å². The fourth-order valence-electron chi connectivity index (χ4n) is 2.49. The molecule has 1 aromatic heterocycles. The van der Waals surface area contributed by atoms with Crippen molar-refractivity contribution in [2.24, 2.45) is 0 Å². The van der Waals surface area contributed by atoms with Gasteiger partial charge in [-0.3, -0.25) is 14.5 Å². The van der Waals surface area contributed by atoms with E-state index in [4.69, 9.17) is 4.74 Å². The van der Waals surface area contributed by atoms with Gasteiger partial charge in [-0.15, -0.1) is 0 Å². The maximum Gasteiger partial charge on any atom is 0.261 e. The third-order valence-electron chi connectivity index (χ3n) is 3.87. The van der Waals surface area contributed by atoms with E-state index >= 15 is 0 Å². The topological polar surface area (TPSA) is 88.6 Å². The number of ether oxygens (including phenoxy) is 1. The van der Waals surface area contributed by atoms with Gasteiger partial charge in [0.05, 0.1) is 35.6 Å². The summed E-state index contributed by atoms with van der Waals surface area (Å²) in [5, 5.41) is 0. The Morgan fingerprint density at radius 2 is 1.84 bits per heavy atom. The quantitative estimate of drug-likeness (QED) is 0.895. The zero-order valence-electron chi connectivity index (χ0n) is 13.8. The van der Waals surface area contributed by atoms with Gasteiger partial charge in [0.2, 0.25) is 0 Å². The Labute approximate surface area is 146 Å². The lowest BCUT2D eigenvalue weighted by Crippen LogP contribution is -2.40. The molecule has 1 aliphatic heterocycles. The molecule has 132 valence electrons. The summed E-state index contributed by atoms with van der Waals surface area (Å²) in [6.45, 7) is 3.91. The number of aromatic nitrogens is 1. The Balaban J connectivity index is 1.79. The normalized spacial score (nSPS) is 15.0. The Bertz CT molecular complexity index is 860. The third kappa shape index (κ3) is 4.15. The SMILES string of the molecule is Cc1ccc(S(=O)(=O)Nc2cncc(C(=O)N3CCOCC3)c2)cc1. The molecule has 7 nitrogen and oxygen atoms in total. The molecule has 0 saturated carbocycles. The van der Waals surface area contributed by atoms with Crippen LogP contribution in [-0.2, 0) is 14.8 Å². The van der Waals surface area contributed by atoms with Crippen molar-refractivity contribution in [1.82, 2.24) is 9.88 Å². The highest BCUT2D eigenvalue weighted by atomic mass is 32.2. The first kappa shape index (κ1) is 17.4. The number of aryl methyl sites for hydroxylation is 1. The lowest BCUT2D eigenvalue weighted by molar-refractivity contribution is 0.0302. The molecule has 2 aromatic rings. The fraction of sp³-hybridized carbons (Fsp3) is 0.294. The highest BCUT2D eigenvalue weighted by Gasteiger charge is 2.20. The average molecular weight is 361 g/mol. The number of nitrogens with one attached hydrogen (secondary N) is 1. The molecule has 1 amide bonds. The Hall–Kier alpha value is -2.45. The molecule has 0 spiro atoms. The van der Waals surface area contributed by atoms with Gasteiger partial charge in [-0.2, -0.15) is 0 Å². The molecule has 0 aliphatic carbocycles. The van der Waals surface area contributed by atoms with Gasteiger partial charge in [0, 0.05) is 19.3 Å². The lowest BCUT2D eigenvalue weighted by atomic mass is 10.2. The summed E-state index contributed by atoms with van der Waals surface area (Å²) in [4.78, 5) is 18.3. The summed E-state index contributed by atoms with van der Waals surface area (Å²) in [5.74, 6) is -0.188. The number of pyridine rings is 1. The van der Waals surface area contributed by atoms with Gasteiger partial charge in [0.1, 0.15) is 0 Å². The van der Waals surface area contributed by atoms with E-state index in [1.165, 1.54) is 30.6 Å². The number of anilines is 1. The average Bonchev–Trinajstić information content (AvgIpc) is 2.62. The number of amides is 1. The fourth-order valence-corrected chi connectivity index (χ4v) is 3.53. The largest absolute Gasteiger partial charge is 0.378 e. The van der Waals surface area contributed by atoms with Crippen molar-refractivity contribution < 1.29 is 17.9 Å². The van der Waals surface area contributed by atoms with Crippen LogP contribution in [0.2, 0.25) is 0 Å². The van der Waals surface area contributed by atoms with E-state index in [9.17, 15) is 13.2 Å². The summed E-state index contributed by atoms with van der Waals surface area (Å²) in [5.41, 5.74) is 1.56. The first-order valence-corrected chi connectivity index (χ1v) is 9.35. The second-order valence-electron chi connectivity index (χ2n) is 5.79. The van der Waals surface area contributed by atoms with Crippen LogP contribution >= 0.6 is 0 Å². The Morgan fingerprint density at radius 3 is 2.52 bits per heavy atom. The molecular formula is C17H19N3O4S. The van der Waals surface area contributed by atoms with Crippen LogP contribution in [0.15, 0.2) is 47.6 Å². The van der Waals surface area contributed by atoms with Crippen LogP contribution < -0.4 is 4.72 Å². The summed E-state index contributed by atoms with van der Waals surface area (Å²) in [6.07, 6.45) is 2.81. The number of nitrogens with zero attached hydrogens (tertiary/aromatic N) is 2. The number of carbonyl (C=O) groups is 1. The van der Waals surface area contributed by atoms with Gasteiger partial charge < -0.3 is 9.64 Å². The van der Waals surface area contributed by atoms with Gasteiger partial charge >= 0.3 is 0 Å². The van der Waals surface area contributed by atoms with Gasteiger partial charge in [-0.25, -0.2) is 8.42 Å². The molecule has 1 aliphatic rings. The minimum atomic E-state index is -3.73. The van der Waals surface area contributed by atoms with Gasteiger partial charge in [-0.1, -0.05) is 17.7 Å². The molecule has 1 N–H and O–H groups in total. The molecule has 1 saturated heterocycles. The van der Waals surface area contributed by atoms with E-state index in [1.807, 2.05) is 6.92 Å². The molecule has 0 unspecified atom stereocenters. The van der Waals surface area contributed by atoms with Gasteiger partial charge in [-0.05, 0) is 25.1 Å². The monoisotopic (exact) mass is 361 g/mol. The maximum atomic E-state index is 12.5. The molecule has 0 radical (unpaired) electrons. The van der Waals surface area contributed by atoms with E-state index in [-0.39, 0.29) is 16.5 Å². The first-order valence-electron chi connectivity index (χ1n) is 7.87. The predicted molar refractivity (Wildman–Crippen MR) is 92.9 cm³/mol. The summed E-state index contributed by atoms with van der Waals surface area (Å²) in [6, 6.07) is 8.02. The molecule has 1 fully saturated rings. The van der Waals surface area contributed by atoms with Crippen molar-refractivity contribution in [2.75, 3.05) is 31.0 Å². The number of sulfonamides is 1. The van der Waals surface area contributed by atoms with E-state index in [1.54, 1.807) is 17.0 Å². The zero-order valence-corrected chi connectivity index (χ0v) is 14.6. The smallest absolute Gasteiger partial charge is 0.261 e. The van der Waals surface area contributed by atoms with Crippen LogP contribution in [0.4, 0.5) is 5.69 Å². The van der Waals surface area contributed by atoms with Crippen molar-refractivity contribution in [2.45, 2.75) is 11.8 Å². The Kier molecular flexibility index (Phi) is 5.00. The van der Waals surface area contributed by atoms with Crippen molar-refractivity contribution in [3.63, 3.8) is 0 Å². The van der Waals surface area contributed by atoms with E-state index < -0.39 is 10.0 Å². The van der Waals surface area contributed by atoms with Crippen LogP contribution in [0.3, 0.4) is 0 Å². The number of hydrogen-bond donors (Lipinski definition) is 1. The second-order valence-corrected chi connectivity index (χ2v) is 7.47. The van der Waals surface area contributed by atoms with Crippen LogP contribution in [0.25, 0.3) is 0 Å². The number of hydrogen-bond acceptors (Lipinski definition) is 5. The molecule has 1 aromatic carbocycles. The van der Waals surface area contributed by atoms with E-state index in [0.717, 1.165) is 5.56 Å². The molecule has 8 heteroatoms. The van der Waals surface area contributed by atoms with Crippen LogP contribution in [-0.4, -0.2) is 50.5 Å². The van der Waals surface area contributed by atoms with E-state index in [0.29, 0.717) is 31.9 Å². The minimum Gasteiger partial charge on any atom is -0.378 e. The van der Waals surface area contributed by atoms with Crippen molar-refractivity contribution in [3.8, 4) is 0 Å². The molecule has 0 atom stereocenters. The Morgan fingerprint density at radius 1 is 1.16 bits per heavy atom. The number of carbonyl (C=O) groups excluding carboxylic acids is 1. The molecular weight excluding hydrogens is 342 g/mol. The lowest BCUT2D eigenvalue weighted by Gasteiger charge is -2.26. The summed E-state index contributed by atoms with van der Waals surface area (Å²) < 4.78 is 32.6. The molecule has 2 heterocycles. The van der Waals surface area contributed by atoms with Crippen LogP contribution in [0, 0.1) is 6.92 Å². The van der Waals surface area contributed by atoms with Gasteiger partial charge in [0.15, 0.2) is 0 Å². The van der Waals surface area contributed by atoms with Crippen LogP contribution in [0.5, 0.6) is 0 Å². The maximum absolute atomic E-state index is 12.5. The molecule has 0 bridgehead atoms. The highest BCUT2D eigenvalue weighted by Crippen LogP contribution is 2.18. The first-order chi connectivity index (χ1) is 12.0. The van der Waals surface area contributed by atoms with Gasteiger partial charge in [0.25, 0.3) is 15.9 Å². The zero-order chi connectivity index (χ0) is 17.9. The minimum absolute atomic E-state index is 0.156. The summed E-state index contributed by atoms with van der Waals surface area (Å²) >= 11 is 0. The highest BCUT2D eigenvalue weighted by molar-refractivity contribution is 7.92. The van der Waals surface area contributed by atoms with Crippen LogP contribution in [0.1, 0.15) is 15.9 Å². The number of rotatable bonds is 4.